The van der Waals surface area contributed by atoms with Crippen molar-refractivity contribution in [2.24, 2.45) is 5.92 Å². The molecule has 0 aliphatic carbocycles. The van der Waals surface area contributed by atoms with Gasteiger partial charge in [0.2, 0.25) is 0 Å². The first kappa shape index (κ1) is 34.1. The van der Waals surface area contributed by atoms with E-state index in [2.05, 4.69) is 10.6 Å². The summed E-state index contributed by atoms with van der Waals surface area (Å²) in [6.07, 6.45) is -2.32. The summed E-state index contributed by atoms with van der Waals surface area (Å²) < 4.78 is 51.1. The first-order chi connectivity index (χ1) is 20.3. The van der Waals surface area contributed by atoms with Crippen LogP contribution in [0.5, 0.6) is 5.75 Å². The van der Waals surface area contributed by atoms with E-state index in [1.807, 2.05) is 32.8 Å². The lowest BCUT2D eigenvalue weighted by atomic mass is 10.0. The van der Waals surface area contributed by atoms with Gasteiger partial charge in [0.05, 0.1) is 36.0 Å². The van der Waals surface area contributed by atoms with Crippen LogP contribution in [0.25, 0.3) is 0 Å². The molecule has 0 saturated carbocycles. The second-order valence-electron chi connectivity index (χ2n) is 11.4. The number of hydrogen-bond donors (Lipinski definition) is 3. The van der Waals surface area contributed by atoms with Gasteiger partial charge >= 0.3 is 12.2 Å². The van der Waals surface area contributed by atoms with Gasteiger partial charge in [-0.05, 0) is 89.7 Å². The summed E-state index contributed by atoms with van der Waals surface area (Å²) in [5, 5.41) is 15.2. The maximum atomic E-state index is 14.1. The van der Waals surface area contributed by atoms with E-state index in [-0.39, 0.29) is 47.6 Å². The van der Waals surface area contributed by atoms with Crippen LogP contribution in [-0.2, 0) is 10.9 Å². The number of hydrogen-bond acceptors (Lipinski definition) is 6. The van der Waals surface area contributed by atoms with E-state index in [1.54, 1.807) is 24.0 Å². The molecule has 0 saturated heterocycles. The number of likely N-dealkylation sites (N-methyl/N-ethyl adjacent to an activating group) is 1. The van der Waals surface area contributed by atoms with Gasteiger partial charge in [0, 0.05) is 37.0 Å². The third-order valence-corrected chi connectivity index (χ3v) is 7.32. The van der Waals surface area contributed by atoms with Gasteiger partial charge in [-0.2, -0.15) is 13.2 Å². The average Bonchev–Trinajstić information content (AvgIpc) is 2.94. The number of fused-ring (bicyclic) bond motifs is 1. The van der Waals surface area contributed by atoms with E-state index in [9.17, 15) is 27.9 Å². The molecule has 0 radical (unpaired) electrons. The molecule has 1 aliphatic heterocycles. The topological polar surface area (TPSA) is 103 Å². The van der Waals surface area contributed by atoms with E-state index < -0.39 is 23.8 Å². The van der Waals surface area contributed by atoms with Gasteiger partial charge < -0.3 is 35.0 Å². The molecule has 1 heterocycles. The van der Waals surface area contributed by atoms with E-state index in [0.717, 1.165) is 43.5 Å². The summed E-state index contributed by atoms with van der Waals surface area (Å²) in [6, 6.07) is 7.60. The van der Waals surface area contributed by atoms with Crippen molar-refractivity contribution >= 4 is 23.3 Å². The Labute approximate surface area is 251 Å². The number of urea groups is 1. The third-order valence-electron chi connectivity index (χ3n) is 7.32. The summed E-state index contributed by atoms with van der Waals surface area (Å²) in [4.78, 5) is 30.4. The quantitative estimate of drug-likeness (QED) is 0.389. The molecular formula is C31H43F3N4O5. The Morgan fingerprint density at radius 1 is 1.09 bits per heavy atom. The Bertz CT molecular complexity index is 1210. The van der Waals surface area contributed by atoms with Crippen molar-refractivity contribution in [3.05, 3.63) is 53.6 Å². The number of carbonyl (C=O) groups is 2. The van der Waals surface area contributed by atoms with Gasteiger partial charge in [-0.1, -0.05) is 6.92 Å². The van der Waals surface area contributed by atoms with Crippen LogP contribution in [0, 0.1) is 5.92 Å². The number of anilines is 2. The molecule has 0 bridgehead atoms. The molecule has 0 aromatic heterocycles. The fourth-order valence-corrected chi connectivity index (χ4v) is 4.86. The van der Waals surface area contributed by atoms with E-state index in [4.69, 9.17) is 9.47 Å². The number of nitrogens with one attached hydrogen (secondary N) is 2. The van der Waals surface area contributed by atoms with Crippen molar-refractivity contribution in [3.8, 4) is 5.75 Å². The minimum absolute atomic E-state index is 0.0533. The third kappa shape index (κ3) is 10.1. The molecule has 4 atom stereocenters. The molecule has 2 aromatic rings. The largest absolute Gasteiger partial charge is 0.490 e. The van der Waals surface area contributed by atoms with Crippen LogP contribution < -0.4 is 15.4 Å². The van der Waals surface area contributed by atoms with Crippen LogP contribution in [0.4, 0.5) is 29.3 Å². The SMILES string of the molecule is C[C@H]1CCCCO[C@@H](CN(C)C)[C@@H](C)CN([C@@H](C)CO)C(=O)c2cc(NC(=O)Nc3ccc(C(F)(F)F)cc3)ccc2O1. The van der Waals surface area contributed by atoms with Gasteiger partial charge in [-0.25, -0.2) is 4.79 Å². The smallest absolute Gasteiger partial charge is 0.416 e. The number of nitrogens with zero attached hydrogens (tertiary/aromatic N) is 2. The number of carbonyl (C=O) groups excluding carboxylic acids is 2. The number of aliphatic hydroxyl groups is 1. The Hall–Kier alpha value is -3.35. The van der Waals surface area contributed by atoms with Gasteiger partial charge in [0.25, 0.3) is 5.91 Å². The summed E-state index contributed by atoms with van der Waals surface area (Å²) in [7, 11) is 3.94. The zero-order valence-electron chi connectivity index (χ0n) is 25.4. The molecule has 0 unspecified atom stereocenters. The minimum Gasteiger partial charge on any atom is -0.490 e. The van der Waals surface area contributed by atoms with Crippen LogP contribution in [0.15, 0.2) is 42.5 Å². The first-order valence-corrected chi connectivity index (χ1v) is 14.5. The zero-order chi connectivity index (χ0) is 31.7. The molecule has 3 N–H and O–H groups in total. The van der Waals surface area contributed by atoms with Crippen LogP contribution in [-0.4, -0.2) is 85.5 Å². The van der Waals surface area contributed by atoms with Crippen molar-refractivity contribution in [1.82, 2.24) is 9.80 Å². The van der Waals surface area contributed by atoms with Crippen molar-refractivity contribution < 1.29 is 37.3 Å². The molecule has 3 amide bonds. The van der Waals surface area contributed by atoms with E-state index in [0.29, 0.717) is 25.4 Å². The second kappa shape index (κ2) is 15.4. The molecule has 0 spiro atoms. The Kier molecular flexibility index (Phi) is 12.2. The predicted octanol–water partition coefficient (Wildman–Crippen LogP) is 5.71. The number of alkyl halides is 3. The number of ether oxygens (including phenoxy) is 2. The highest BCUT2D eigenvalue weighted by molar-refractivity contribution is 6.02. The van der Waals surface area contributed by atoms with Crippen LogP contribution in [0.2, 0.25) is 0 Å². The van der Waals surface area contributed by atoms with Crippen molar-refractivity contribution in [2.75, 3.05) is 51.0 Å². The average molecular weight is 609 g/mol. The van der Waals surface area contributed by atoms with Gasteiger partial charge in [-0.3, -0.25) is 4.79 Å². The van der Waals surface area contributed by atoms with Crippen LogP contribution in [0.3, 0.4) is 0 Å². The Balaban J connectivity index is 1.90. The van der Waals surface area contributed by atoms with Crippen molar-refractivity contribution in [3.63, 3.8) is 0 Å². The number of halogens is 3. The first-order valence-electron chi connectivity index (χ1n) is 14.5. The summed E-state index contributed by atoms with van der Waals surface area (Å²) in [6.45, 7) is 7.05. The molecule has 2 aromatic carbocycles. The molecule has 43 heavy (non-hydrogen) atoms. The normalized spacial score (nSPS) is 21.4. The lowest BCUT2D eigenvalue weighted by Gasteiger charge is -2.35. The highest BCUT2D eigenvalue weighted by atomic mass is 19.4. The van der Waals surface area contributed by atoms with Gasteiger partial charge in [0.15, 0.2) is 0 Å². The highest BCUT2D eigenvalue weighted by Gasteiger charge is 2.31. The molecule has 3 rings (SSSR count). The Morgan fingerprint density at radius 3 is 2.37 bits per heavy atom. The lowest BCUT2D eigenvalue weighted by molar-refractivity contribution is -0.137. The predicted molar refractivity (Wildman–Crippen MR) is 160 cm³/mol. The maximum Gasteiger partial charge on any atom is 0.416 e. The van der Waals surface area contributed by atoms with Crippen molar-refractivity contribution in [2.45, 2.75) is 64.5 Å². The number of rotatable bonds is 6. The number of benzene rings is 2. The fraction of sp³-hybridized carbons (Fsp3) is 0.548. The Morgan fingerprint density at radius 2 is 1.74 bits per heavy atom. The zero-order valence-corrected chi connectivity index (χ0v) is 25.4. The summed E-state index contributed by atoms with van der Waals surface area (Å²) in [5.74, 6) is -0.0717. The maximum absolute atomic E-state index is 14.1. The van der Waals surface area contributed by atoms with Crippen LogP contribution >= 0.6 is 0 Å². The summed E-state index contributed by atoms with van der Waals surface area (Å²) in [5.41, 5.74) is -0.155. The fourth-order valence-electron chi connectivity index (χ4n) is 4.86. The van der Waals surface area contributed by atoms with Crippen molar-refractivity contribution in [1.29, 1.82) is 0 Å². The lowest BCUT2D eigenvalue weighted by Crippen LogP contribution is -2.47. The highest BCUT2D eigenvalue weighted by Crippen LogP contribution is 2.31. The van der Waals surface area contributed by atoms with Gasteiger partial charge in [-0.15, -0.1) is 0 Å². The molecule has 12 heteroatoms. The molecule has 0 fully saturated rings. The van der Waals surface area contributed by atoms with E-state index in [1.165, 1.54) is 6.07 Å². The molecule has 9 nitrogen and oxygen atoms in total. The van der Waals surface area contributed by atoms with Crippen LogP contribution in [0.1, 0.15) is 56.0 Å². The van der Waals surface area contributed by atoms with Gasteiger partial charge in [0.1, 0.15) is 5.75 Å². The minimum atomic E-state index is -4.48. The molecular weight excluding hydrogens is 565 g/mol. The van der Waals surface area contributed by atoms with E-state index >= 15 is 0 Å². The standard InChI is InChI=1S/C31H43F3N4O5/c1-20-17-38(21(2)19-39)29(40)26-16-25(36-30(41)35-24-11-9-23(10-12-24)31(32,33)34)13-14-27(26)43-22(3)8-6-7-15-42-28(20)18-37(4)5/h9-14,16,20-22,28,39H,6-8,15,17-19H2,1-5H3,(H2,35,36,41)/t20-,21-,22-,28-/m0/s1. The number of amides is 3. The molecule has 238 valence electrons. The monoisotopic (exact) mass is 608 g/mol. The summed E-state index contributed by atoms with van der Waals surface area (Å²) >= 11 is 0. The number of aliphatic hydroxyl groups excluding tert-OH is 1. The second-order valence-corrected chi connectivity index (χ2v) is 11.4. The molecule has 1 aliphatic rings.